The Balaban J connectivity index is 2.64. The number of carbonyl (C=O) groups is 1. The molecule has 0 atom stereocenters. The van der Waals surface area contributed by atoms with E-state index in [-0.39, 0.29) is 22.4 Å². The number of aryl methyl sites for hydroxylation is 1. The molecule has 0 aliphatic heterocycles. The first kappa shape index (κ1) is 15.0. The predicted molar refractivity (Wildman–Crippen MR) is 79.1 cm³/mol. The molecule has 0 aliphatic carbocycles. The first-order chi connectivity index (χ1) is 10.1. The van der Waals surface area contributed by atoms with Crippen molar-refractivity contribution in [1.82, 2.24) is 9.97 Å². The van der Waals surface area contributed by atoms with E-state index >= 15 is 0 Å². The van der Waals surface area contributed by atoms with E-state index in [1.807, 2.05) is 6.92 Å². The fourth-order valence-electron chi connectivity index (χ4n) is 2.18. The number of H-pyrrole nitrogens is 1. The summed E-state index contributed by atoms with van der Waals surface area (Å²) in [5, 5.41) is 9.36. The van der Waals surface area contributed by atoms with Crippen molar-refractivity contribution in [2.24, 2.45) is 0 Å². The summed E-state index contributed by atoms with van der Waals surface area (Å²) >= 11 is 0. The number of rotatable bonds is 6. The minimum Gasteiger partial charge on any atom is -0.493 e. The van der Waals surface area contributed by atoms with E-state index < -0.39 is 5.97 Å². The summed E-state index contributed by atoms with van der Waals surface area (Å²) in [5.41, 5.74) is 0.707. The summed E-state index contributed by atoms with van der Waals surface area (Å²) < 4.78 is 5.31. The van der Waals surface area contributed by atoms with Crippen molar-refractivity contribution in [3.63, 3.8) is 0 Å². The largest absolute Gasteiger partial charge is 0.493 e. The van der Waals surface area contributed by atoms with Crippen LogP contribution in [0.25, 0.3) is 11.0 Å². The predicted octanol–water partition coefficient (Wildman–Crippen LogP) is 2.36. The second-order valence-corrected chi connectivity index (χ2v) is 4.69. The molecule has 0 saturated carbocycles. The SMILES string of the molecule is CCCCc1nc2ccc(OCC)c(C(=O)O)c2[nH]c1=O. The molecule has 1 aromatic heterocycles. The Morgan fingerprint density at radius 3 is 2.76 bits per heavy atom. The number of hydrogen-bond acceptors (Lipinski definition) is 4. The average Bonchev–Trinajstić information content (AvgIpc) is 2.45. The van der Waals surface area contributed by atoms with Gasteiger partial charge in [-0.25, -0.2) is 9.78 Å². The van der Waals surface area contributed by atoms with Crippen molar-refractivity contribution in [3.05, 3.63) is 33.7 Å². The number of carboxylic acid groups (broad SMARTS) is 1. The minimum absolute atomic E-state index is 0.0546. The molecule has 0 saturated heterocycles. The molecule has 0 aliphatic rings. The van der Waals surface area contributed by atoms with Gasteiger partial charge in [0.2, 0.25) is 0 Å². The fourth-order valence-corrected chi connectivity index (χ4v) is 2.18. The first-order valence-corrected chi connectivity index (χ1v) is 7.00. The third-order valence-corrected chi connectivity index (χ3v) is 3.18. The van der Waals surface area contributed by atoms with Crippen molar-refractivity contribution in [2.45, 2.75) is 33.1 Å². The number of ether oxygens (including phenoxy) is 1. The van der Waals surface area contributed by atoms with Gasteiger partial charge < -0.3 is 14.8 Å². The molecule has 2 aromatic rings. The molecule has 6 heteroatoms. The van der Waals surface area contributed by atoms with Crippen molar-refractivity contribution in [1.29, 1.82) is 0 Å². The van der Waals surface area contributed by atoms with Gasteiger partial charge in [-0.1, -0.05) is 13.3 Å². The molecule has 2 N–H and O–H groups in total. The van der Waals surface area contributed by atoms with Crippen LogP contribution in [0.15, 0.2) is 16.9 Å². The minimum atomic E-state index is -1.15. The number of nitrogens with zero attached hydrogens (tertiary/aromatic N) is 1. The summed E-state index contributed by atoms with van der Waals surface area (Å²) in [6.07, 6.45) is 2.41. The van der Waals surface area contributed by atoms with Crippen LogP contribution in [0.3, 0.4) is 0 Å². The van der Waals surface area contributed by atoms with Crippen molar-refractivity contribution in [3.8, 4) is 5.75 Å². The number of fused-ring (bicyclic) bond motifs is 1. The Hall–Kier alpha value is -2.37. The summed E-state index contributed by atoms with van der Waals surface area (Å²) in [7, 11) is 0. The van der Waals surface area contributed by atoms with Crippen LogP contribution in [0.2, 0.25) is 0 Å². The van der Waals surface area contributed by atoms with E-state index in [1.54, 1.807) is 19.1 Å². The number of carboxylic acids is 1. The van der Waals surface area contributed by atoms with Gasteiger partial charge in [0.15, 0.2) is 0 Å². The lowest BCUT2D eigenvalue weighted by Gasteiger charge is -2.10. The van der Waals surface area contributed by atoms with E-state index in [4.69, 9.17) is 4.74 Å². The number of aromatic carboxylic acids is 1. The van der Waals surface area contributed by atoms with Crippen LogP contribution < -0.4 is 10.3 Å². The molecule has 0 unspecified atom stereocenters. The standard InChI is InChI=1S/C15H18N2O4/c1-3-5-6-10-14(18)17-13-9(16-10)7-8-11(21-4-2)12(13)15(19)20/h7-8H,3-6H2,1-2H3,(H,17,18)(H,19,20). The molecule has 2 rings (SSSR count). The van der Waals surface area contributed by atoms with Crippen molar-refractivity contribution >= 4 is 17.0 Å². The van der Waals surface area contributed by atoms with Crippen LogP contribution in [0.5, 0.6) is 5.75 Å². The third-order valence-electron chi connectivity index (χ3n) is 3.18. The van der Waals surface area contributed by atoms with Crippen LogP contribution in [-0.4, -0.2) is 27.7 Å². The Labute approximate surface area is 121 Å². The normalized spacial score (nSPS) is 10.8. The molecule has 0 radical (unpaired) electrons. The van der Waals surface area contributed by atoms with E-state index in [9.17, 15) is 14.7 Å². The summed E-state index contributed by atoms with van der Waals surface area (Å²) in [6, 6.07) is 3.24. The zero-order valence-electron chi connectivity index (χ0n) is 12.1. The van der Waals surface area contributed by atoms with Gasteiger partial charge in [0.1, 0.15) is 17.0 Å². The lowest BCUT2D eigenvalue weighted by Crippen LogP contribution is -2.17. The van der Waals surface area contributed by atoms with E-state index in [0.717, 1.165) is 12.8 Å². The van der Waals surface area contributed by atoms with Crippen molar-refractivity contribution < 1.29 is 14.6 Å². The zero-order chi connectivity index (χ0) is 15.4. The second-order valence-electron chi connectivity index (χ2n) is 4.69. The lowest BCUT2D eigenvalue weighted by molar-refractivity contribution is 0.0694. The highest BCUT2D eigenvalue weighted by atomic mass is 16.5. The zero-order valence-corrected chi connectivity index (χ0v) is 12.1. The molecule has 0 fully saturated rings. The molecule has 0 spiro atoms. The van der Waals surface area contributed by atoms with Crippen LogP contribution >= 0.6 is 0 Å². The molecule has 1 aromatic carbocycles. The third kappa shape index (κ3) is 3.04. The van der Waals surface area contributed by atoms with Crippen LogP contribution in [0.4, 0.5) is 0 Å². The molecule has 0 amide bonds. The van der Waals surface area contributed by atoms with Gasteiger partial charge >= 0.3 is 5.97 Å². The molecule has 6 nitrogen and oxygen atoms in total. The summed E-state index contributed by atoms with van der Waals surface area (Å²) in [5.74, 6) is -0.918. The van der Waals surface area contributed by atoms with E-state index in [1.165, 1.54) is 0 Å². The first-order valence-electron chi connectivity index (χ1n) is 7.00. The topological polar surface area (TPSA) is 92.3 Å². The number of benzene rings is 1. The molecular weight excluding hydrogens is 272 g/mol. The van der Waals surface area contributed by atoms with E-state index in [0.29, 0.717) is 24.2 Å². The number of aromatic amines is 1. The molecular formula is C15H18N2O4. The van der Waals surface area contributed by atoms with Gasteiger partial charge in [0, 0.05) is 0 Å². The molecule has 112 valence electrons. The maximum Gasteiger partial charge on any atom is 0.341 e. The quantitative estimate of drug-likeness (QED) is 0.852. The Bertz CT molecular complexity index is 721. The van der Waals surface area contributed by atoms with Crippen LogP contribution in [0.1, 0.15) is 42.7 Å². The Morgan fingerprint density at radius 1 is 1.38 bits per heavy atom. The number of hydrogen-bond donors (Lipinski definition) is 2. The van der Waals surface area contributed by atoms with Gasteiger partial charge in [-0.15, -0.1) is 0 Å². The number of nitrogens with one attached hydrogen (secondary N) is 1. The maximum absolute atomic E-state index is 12.0. The van der Waals surface area contributed by atoms with Crippen LogP contribution in [0, 0.1) is 0 Å². The van der Waals surface area contributed by atoms with Gasteiger partial charge in [-0.05, 0) is 31.9 Å². The highest BCUT2D eigenvalue weighted by molar-refractivity contribution is 6.03. The highest BCUT2D eigenvalue weighted by Gasteiger charge is 2.18. The molecule has 21 heavy (non-hydrogen) atoms. The Morgan fingerprint density at radius 2 is 2.14 bits per heavy atom. The fraction of sp³-hybridized carbons (Fsp3) is 0.400. The second kappa shape index (κ2) is 6.39. The Kier molecular flexibility index (Phi) is 4.57. The monoisotopic (exact) mass is 290 g/mol. The summed E-state index contributed by atoms with van der Waals surface area (Å²) in [4.78, 5) is 30.4. The van der Waals surface area contributed by atoms with E-state index in [2.05, 4.69) is 9.97 Å². The summed E-state index contributed by atoms with van der Waals surface area (Å²) in [6.45, 7) is 4.15. The highest BCUT2D eigenvalue weighted by Crippen LogP contribution is 2.25. The number of aromatic nitrogens is 2. The van der Waals surface area contributed by atoms with Gasteiger partial charge in [0.05, 0.1) is 17.6 Å². The smallest absolute Gasteiger partial charge is 0.341 e. The maximum atomic E-state index is 12.0. The lowest BCUT2D eigenvalue weighted by atomic mass is 10.1. The van der Waals surface area contributed by atoms with Gasteiger partial charge in [0.25, 0.3) is 5.56 Å². The van der Waals surface area contributed by atoms with Gasteiger partial charge in [-0.3, -0.25) is 4.79 Å². The van der Waals surface area contributed by atoms with Crippen molar-refractivity contribution in [2.75, 3.05) is 6.61 Å². The molecule has 0 bridgehead atoms. The van der Waals surface area contributed by atoms with Crippen LogP contribution in [-0.2, 0) is 6.42 Å². The molecule has 1 heterocycles. The number of unbranched alkanes of at least 4 members (excludes halogenated alkanes) is 1. The van der Waals surface area contributed by atoms with Gasteiger partial charge in [-0.2, -0.15) is 0 Å². The average molecular weight is 290 g/mol.